The van der Waals surface area contributed by atoms with Gasteiger partial charge in [-0.25, -0.2) is 0 Å². The topological polar surface area (TPSA) is 35.9 Å². The zero-order chi connectivity index (χ0) is 17.4. The van der Waals surface area contributed by atoms with Gasteiger partial charge in [0.2, 0.25) is 0 Å². The Morgan fingerprint density at radius 1 is 1.33 bits per heavy atom. The van der Waals surface area contributed by atoms with Crippen molar-refractivity contribution in [3.8, 4) is 5.75 Å². The van der Waals surface area contributed by atoms with Crippen molar-refractivity contribution in [1.82, 2.24) is 9.80 Å². The first kappa shape index (κ1) is 19.0. The van der Waals surface area contributed by atoms with Crippen molar-refractivity contribution < 1.29 is 9.84 Å². The second kappa shape index (κ2) is 9.82. The fraction of sp³-hybridized carbons (Fsp3) is 0.600. The lowest BCUT2D eigenvalue weighted by atomic mass is 10.1. The van der Waals surface area contributed by atoms with Crippen molar-refractivity contribution >= 4 is 0 Å². The number of hydrogen-bond acceptors (Lipinski definition) is 4. The predicted octanol–water partition coefficient (Wildman–Crippen LogP) is 2.78. The maximum atomic E-state index is 9.41. The van der Waals surface area contributed by atoms with Crippen LogP contribution in [0.3, 0.4) is 0 Å². The number of nitrogens with zero attached hydrogens (tertiary/aromatic N) is 2. The highest BCUT2D eigenvalue weighted by molar-refractivity contribution is 5.33. The highest BCUT2D eigenvalue weighted by Crippen LogP contribution is 2.22. The lowest BCUT2D eigenvalue weighted by Gasteiger charge is -2.42. The number of ether oxygens (including phenoxy) is 1. The Balaban J connectivity index is 1.99. The summed E-state index contributed by atoms with van der Waals surface area (Å²) >= 11 is 0. The molecule has 1 atom stereocenters. The van der Waals surface area contributed by atoms with E-state index in [1.807, 2.05) is 12.1 Å². The Labute approximate surface area is 146 Å². The maximum absolute atomic E-state index is 9.41. The normalized spacial score (nSPS) is 19.6. The van der Waals surface area contributed by atoms with Crippen LogP contribution in [-0.2, 0) is 6.54 Å². The van der Waals surface area contributed by atoms with E-state index < -0.39 is 0 Å². The van der Waals surface area contributed by atoms with Crippen LogP contribution >= 0.6 is 0 Å². The molecule has 1 aromatic rings. The van der Waals surface area contributed by atoms with Gasteiger partial charge < -0.3 is 9.84 Å². The molecule has 0 saturated carbocycles. The summed E-state index contributed by atoms with van der Waals surface area (Å²) in [4.78, 5) is 5.02. The molecule has 1 aliphatic rings. The van der Waals surface area contributed by atoms with E-state index in [4.69, 9.17) is 4.74 Å². The summed E-state index contributed by atoms with van der Waals surface area (Å²) in [5.41, 5.74) is 1.22. The van der Waals surface area contributed by atoms with Gasteiger partial charge in [0.15, 0.2) is 0 Å². The van der Waals surface area contributed by atoms with Crippen LogP contribution < -0.4 is 4.74 Å². The first-order valence-corrected chi connectivity index (χ1v) is 9.03. The zero-order valence-electron chi connectivity index (χ0n) is 15.2. The highest BCUT2D eigenvalue weighted by Gasteiger charge is 2.27. The molecule has 134 valence electrons. The molecular weight excluding hydrogens is 300 g/mol. The molecule has 4 nitrogen and oxygen atoms in total. The summed E-state index contributed by atoms with van der Waals surface area (Å²) in [5.74, 6) is 1.60. The molecule has 2 rings (SSSR count). The summed E-state index contributed by atoms with van der Waals surface area (Å²) in [7, 11) is 0. The molecule has 0 bridgehead atoms. The number of hydrogen-bond donors (Lipinski definition) is 1. The molecule has 0 aromatic heterocycles. The second-order valence-corrected chi connectivity index (χ2v) is 7.00. The molecule has 1 fully saturated rings. The monoisotopic (exact) mass is 332 g/mol. The largest absolute Gasteiger partial charge is 0.489 e. The van der Waals surface area contributed by atoms with Gasteiger partial charge >= 0.3 is 0 Å². The van der Waals surface area contributed by atoms with Gasteiger partial charge in [-0.05, 0) is 18.4 Å². The van der Waals surface area contributed by atoms with Crippen LogP contribution in [0, 0.1) is 5.92 Å². The van der Waals surface area contributed by atoms with Gasteiger partial charge in [-0.2, -0.15) is 0 Å². The Kier molecular flexibility index (Phi) is 7.76. The summed E-state index contributed by atoms with van der Waals surface area (Å²) in [6.07, 6.45) is 2.62. The van der Waals surface area contributed by atoms with E-state index in [0.29, 0.717) is 18.6 Å². The lowest BCUT2D eigenvalue weighted by Crippen LogP contribution is -2.53. The molecule has 4 heteroatoms. The molecule has 1 unspecified atom stereocenters. The molecule has 1 aromatic carbocycles. The number of rotatable bonds is 9. The molecule has 1 heterocycles. The number of aliphatic hydroxyl groups excluding tert-OH is 1. The fourth-order valence-corrected chi connectivity index (χ4v) is 3.40. The van der Waals surface area contributed by atoms with Crippen LogP contribution in [0.5, 0.6) is 5.75 Å². The average Bonchev–Trinajstić information content (AvgIpc) is 2.56. The van der Waals surface area contributed by atoms with Crippen molar-refractivity contribution in [3.63, 3.8) is 0 Å². The Morgan fingerprint density at radius 2 is 2.12 bits per heavy atom. The third kappa shape index (κ3) is 5.62. The van der Waals surface area contributed by atoms with Crippen molar-refractivity contribution in [1.29, 1.82) is 0 Å². The van der Waals surface area contributed by atoms with Gasteiger partial charge in [-0.15, -0.1) is 0 Å². The van der Waals surface area contributed by atoms with Crippen molar-refractivity contribution in [2.75, 3.05) is 39.4 Å². The SMILES string of the molecule is C=CCOc1ccccc1CN1CCN(CC(C)C)C(CCO)C1. The van der Waals surface area contributed by atoms with E-state index >= 15 is 0 Å². The third-order valence-electron chi connectivity index (χ3n) is 4.47. The van der Waals surface area contributed by atoms with Crippen LogP contribution in [0.2, 0.25) is 0 Å². The molecule has 0 spiro atoms. The zero-order valence-corrected chi connectivity index (χ0v) is 15.2. The quantitative estimate of drug-likeness (QED) is 0.706. The van der Waals surface area contributed by atoms with E-state index in [1.165, 1.54) is 5.56 Å². The molecule has 1 saturated heterocycles. The number of aliphatic hydroxyl groups is 1. The fourth-order valence-electron chi connectivity index (χ4n) is 3.40. The number of benzene rings is 1. The van der Waals surface area contributed by atoms with Crippen LogP contribution in [0.1, 0.15) is 25.8 Å². The number of piperazine rings is 1. The van der Waals surface area contributed by atoms with Crippen LogP contribution in [0.4, 0.5) is 0 Å². The predicted molar refractivity (Wildman–Crippen MR) is 99.3 cm³/mol. The molecule has 0 aliphatic carbocycles. The van der Waals surface area contributed by atoms with Gasteiger partial charge in [-0.1, -0.05) is 44.7 Å². The van der Waals surface area contributed by atoms with Gasteiger partial charge in [-0.3, -0.25) is 9.80 Å². The second-order valence-electron chi connectivity index (χ2n) is 7.00. The molecule has 1 N–H and O–H groups in total. The summed E-state index contributed by atoms with van der Waals surface area (Å²) < 4.78 is 5.78. The van der Waals surface area contributed by atoms with Crippen molar-refractivity contribution in [2.24, 2.45) is 5.92 Å². The standard InChI is InChI=1S/C20H32N2O2/c1-4-13-24-20-8-6-5-7-18(20)15-21-10-11-22(14-17(2)3)19(16-21)9-12-23/h4-8,17,19,23H,1,9-16H2,2-3H3. The number of para-hydroxylation sites is 1. The van der Waals surface area contributed by atoms with Crippen molar-refractivity contribution in [2.45, 2.75) is 32.9 Å². The average molecular weight is 332 g/mol. The minimum atomic E-state index is 0.256. The van der Waals surface area contributed by atoms with Crippen LogP contribution in [-0.4, -0.2) is 60.3 Å². The van der Waals surface area contributed by atoms with E-state index in [9.17, 15) is 5.11 Å². The lowest BCUT2D eigenvalue weighted by molar-refractivity contribution is 0.0473. The van der Waals surface area contributed by atoms with E-state index in [0.717, 1.165) is 44.9 Å². The van der Waals surface area contributed by atoms with Crippen molar-refractivity contribution in [3.05, 3.63) is 42.5 Å². The molecule has 0 amide bonds. The summed E-state index contributed by atoms with van der Waals surface area (Å²) in [5, 5.41) is 9.41. The van der Waals surface area contributed by atoms with E-state index in [1.54, 1.807) is 6.08 Å². The van der Waals surface area contributed by atoms with Gasteiger partial charge in [0, 0.05) is 50.9 Å². The Hall–Kier alpha value is -1.36. The van der Waals surface area contributed by atoms with Gasteiger partial charge in [0.25, 0.3) is 0 Å². The molecule has 24 heavy (non-hydrogen) atoms. The first-order chi connectivity index (χ1) is 11.6. The smallest absolute Gasteiger partial charge is 0.124 e. The minimum Gasteiger partial charge on any atom is -0.489 e. The summed E-state index contributed by atoms with van der Waals surface area (Å²) in [6.45, 7) is 14.2. The van der Waals surface area contributed by atoms with Crippen LogP contribution in [0.25, 0.3) is 0 Å². The highest BCUT2D eigenvalue weighted by atomic mass is 16.5. The minimum absolute atomic E-state index is 0.256. The molecule has 0 radical (unpaired) electrons. The molecule has 1 aliphatic heterocycles. The molecular formula is C20H32N2O2. The van der Waals surface area contributed by atoms with E-state index in [2.05, 4.69) is 42.4 Å². The maximum Gasteiger partial charge on any atom is 0.124 e. The van der Waals surface area contributed by atoms with Crippen LogP contribution in [0.15, 0.2) is 36.9 Å². The third-order valence-corrected chi connectivity index (χ3v) is 4.47. The summed E-state index contributed by atoms with van der Waals surface area (Å²) in [6, 6.07) is 8.68. The van der Waals surface area contributed by atoms with E-state index in [-0.39, 0.29) is 6.61 Å². The Morgan fingerprint density at radius 3 is 2.83 bits per heavy atom. The first-order valence-electron chi connectivity index (χ1n) is 9.03. The Bertz CT molecular complexity index is 504. The van der Waals surface area contributed by atoms with Gasteiger partial charge in [0.1, 0.15) is 12.4 Å². The van der Waals surface area contributed by atoms with Gasteiger partial charge in [0.05, 0.1) is 0 Å².